The number of ether oxygens (including phenoxy) is 1. The monoisotopic (exact) mass is 335 g/mol. The van der Waals surface area contributed by atoms with Crippen molar-refractivity contribution in [2.45, 2.75) is 19.1 Å². The van der Waals surface area contributed by atoms with Gasteiger partial charge in [0.15, 0.2) is 0 Å². The minimum absolute atomic E-state index is 0.314. The van der Waals surface area contributed by atoms with Crippen molar-refractivity contribution in [2.75, 3.05) is 18.0 Å². The topological polar surface area (TPSA) is 12.5 Å². The van der Waals surface area contributed by atoms with Crippen LogP contribution >= 0.6 is 11.3 Å². The lowest BCUT2D eigenvalue weighted by Gasteiger charge is -2.19. The third kappa shape index (κ3) is 3.37. The number of hydrogen-bond donors (Lipinski definition) is 0. The lowest BCUT2D eigenvalue weighted by Crippen LogP contribution is -2.22. The zero-order valence-electron chi connectivity index (χ0n) is 13.6. The summed E-state index contributed by atoms with van der Waals surface area (Å²) in [5, 5.41) is 2.19. The second-order valence-electron chi connectivity index (χ2n) is 6.15. The van der Waals surface area contributed by atoms with Gasteiger partial charge in [0.1, 0.15) is 0 Å². The molecular weight excluding hydrogens is 314 g/mol. The Labute approximate surface area is 147 Å². The van der Waals surface area contributed by atoms with E-state index < -0.39 is 0 Å². The van der Waals surface area contributed by atoms with E-state index in [4.69, 9.17) is 4.74 Å². The Balaban J connectivity index is 1.42. The average Bonchev–Trinajstić information content (AvgIpc) is 3.31. The lowest BCUT2D eigenvalue weighted by molar-refractivity contribution is 0.0553. The van der Waals surface area contributed by atoms with Crippen molar-refractivity contribution in [3.63, 3.8) is 0 Å². The summed E-state index contributed by atoms with van der Waals surface area (Å²) in [5.41, 5.74) is 3.89. The maximum Gasteiger partial charge on any atom is 0.0771 e. The molecule has 24 heavy (non-hydrogen) atoms. The molecule has 2 nitrogen and oxygen atoms in total. The van der Waals surface area contributed by atoms with Crippen LogP contribution in [0.25, 0.3) is 10.4 Å². The van der Waals surface area contributed by atoms with E-state index in [0.29, 0.717) is 12.7 Å². The van der Waals surface area contributed by atoms with Gasteiger partial charge in [0, 0.05) is 13.1 Å². The van der Waals surface area contributed by atoms with Gasteiger partial charge in [-0.25, -0.2) is 0 Å². The van der Waals surface area contributed by atoms with Crippen molar-refractivity contribution in [1.29, 1.82) is 0 Å². The Kier molecular flexibility index (Phi) is 4.63. The quantitative estimate of drug-likeness (QED) is 0.634. The molecule has 1 fully saturated rings. The van der Waals surface area contributed by atoms with E-state index in [2.05, 4.69) is 70.9 Å². The van der Waals surface area contributed by atoms with Crippen LogP contribution in [0.15, 0.2) is 72.1 Å². The Hall–Kier alpha value is -2.10. The molecule has 1 saturated heterocycles. The van der Waals surface area contributed by atoms with Crippen LogP contribution in [-0.2, 0) is 11.3 Å². The summed E-state index contributed by atoms with van der Waals surface area (Å²) in [7, 11) is 0. The number of rotatable bonds is 5. The highest BCUT2D eigenvalue weighted by atomic mass is 32.1. The first-order valence-electron chi connectivity index (χ1n) is 8.43. The fourth-order valence-corrected chi connectivity index (χ4v) is 4.15. The van der Waals surface area contributed by atoms with Gasteiger partial charge in [-0.2, -0.15) is 0 Å². The van der Waals surface area contributed by atoms with Crippen LogP contribution in [0.5, 0.6) is 0 Å². The Morgan fingerprint density at radius 3 is 2.50 bits per heavy atom. The number of hydrogen-bond acceptors (Lipinski definition) is 3. The second-order valence-corrected chi connectivity index (χ2v) is 7.07. The minimum atomic E-state index is 0.314. The van der Waals surface area contributed by atoms with Gasteiger partial charge in [0.05, 0.1) is 23.3 Å². The summed E-state index contributed by atoms with van der Waals surface area (Å²) in [6, 6.07) is 23.3. The van der Waals surface area contributed by atoms with E-state index in [1.54, 1.807) is 0 Å². The van der Waals surface area contributed by atoms with Crippen LogP contribution in [0, 0.1) is 0 Å². The number of anilines is 1. The average molecular weight is 335 g/mol. The van der Waals surface area contributed by atoms with Crippen molar-refractivity contribution >= 4 is 17.0 Å². The van der Waals surface area contributed by atoms with Crippen LogP contribution in [0.1, 0.15) is 12.0 Å². The predicted molar refractivity (Wildman–Crippen MR) is 102 cm³/mol. The molecule has 3 heteroatoms. The Morgan fingerprint density at radius 2 is 1.71 bits per heavy atom. The van der Waals surface area contributed by atoms with Gasteiger partial charge >= 0.3 is 0 Å². The van der Waals surface area contributed by atoms with Crippen molar-refractivity contribution in [2.24, 2.45) is 0 Å². The van der Waals surface area contributed by atoms with Crippen LogP contribution in [0.3, 0.4) is 0 Å². The molecule has 1 aliphatic heterocycles. The van der Waals surface area contributed by atoms with Crippen LogP contribution < -0.4 is 4.90 Å². The largest absolute Gasteiger partial charge is 0.372 e. The molecule has 0 aliphatic carbocycles. The van der Waals surface area contributed by atoms with Gasteiger partial charge in [-0.05, 0) is 29.0 Å². The standard InChI is InChI=1S/C21H21NOS/c1-3-7-17(8-4-1)16-23-19-11-13-22(15-19)20-12-14-24-21(20)18-9-5-2-6-10-18/h1-10,12,14,19H,11,13,15-16H2. The summed E-state index contributed by atoms with van der Waals surface area (Å²) < 4.78 is 6.12. The molecule has 0 bridgehead atoms. The number of nitrogens with zero attached hydrogens (tertiary/aromatic N) is 1. The van der Waals surface area contributed by atoms with Crippen LogP contribution in [-0.4, -0.2) is 19.2 Å². The zero-order chi connectivity index (χ0) is 16.2. The summed E-state index contributed by atoms with van der Waals surface area (Å²) in [5.74, 6) is 0. The fraction of sp³-hybridized carbons (Fsp3) is 0.238. The predicted octanol–water partition coefficient (Wildman–Crippen LogP) is 5.21. The molecule has 0 N–H and O–H groups in total. The molecule has 1 unspecified atom stereocenters. The molecule has 1 aliphatic rings. The number of thiophene rings is 1. The molecule has 0 saturated carbocycles. The third-order valence-electron chi connectivity index (χ3n) is 4.49. The van der Waals surface area contributed by atoms with E-state index >= 15 is 0 Å². The molecule has 0 amide bonds. The van der Waals surface area contributed by atoms with Gasteiger partial charge in [0.25, 0.3) is 0 Å². The summed E-state index contributed by atoms with van der Waals surface area (Å²) in [6.45, 7) is 2.74. The molecule has 122 valence electrons. The summed E-state index contributed by atoms with van der Waals surface area (Å²) >= 11 is 1.82. The molecule has 0 radical (unpaired) electrons. The van der Waals surface area contributed by atoms with Crippen LogP contribution in [0.2, 0.25) is 0 Å². The molecular formula is C21H21NOS. The highest BCUT2D eigenvalue weighted by Gasteiger charge is 2.25. The van der Waals surface area contributed by atoms with Crippen LogP contribution in [0.4, 0.5) is 5.69 Å². The van der Waals surface area contributed by atoms with Crippen molar-refractivity contribution in [3.8, 4) is 10.4 Å². The Bertz CT molecular complexity index is 769. The van der Waals surface area contributed by atoms with E-state index in [-0.39, 0.29) is 0 Å². The molecule has 0 spiro atoms. The summed E-state index contributed by atoms with van der Waals surface area (Å²) in [4.78, 5) is 3.83. The van der Waals surface area contributed by atoms with Gasteiger partial charge in [-0.1, -0.05) is 60.7 Å². The van der Waals surface area contributed by atoms with Gasteiger partial charge in [0.2, 0.25) is 0 Å². The Morgan fingerprint density at radius 1 is 0.958 bits per heavy atom. The maximum atomic E-state index is 6.12. The second kappa shape index (κ2) is 7.20. The zero-order valence-corrected chi connectivity index (χ0v) is 14.4. The SMILES string of the molecule is c1ccc(COC2CCN(c3ccsc3-c3ccccc3)C2)cc1. The van der Waals surface area contributed by atoms with Gasteiger partial charge in [-0.3, -0.25) is 0 Å². The van der Waals surface area contributed by atoms with E-state index in [1.165, 1.54) is 21.7 Å². The van der Waals surface area contributed by atoms with E-state index in [0.717, 1.165) is 19.5 Å². The maximum absolute atomic E-state index is 6.12. The smallest absolute Gasteiger partial charge is 0.0771 e. The molecule has 2 heterocycles. The molecule has 3 aromatic rings. The minimum Gasteiger partial charge on any atom is -0.372 e. The van der Waals surface area contributed by atoms with Crippen molar-refractivity contribution in [1.82, 2.24) is 0 Å². The molecule has 4 rings (SSSR count). The van der Waals surface area contributed by atoms with Gasteiger partial charge in [-0.15, -0.1) is 11.3 Å². The highest BCUT2D eigenvalue weighted by molar-refractivity contribution is 7.14. The summed E-state index contributed by atoms with van der Waals surface area (Å²) in [6.07, 6.45) is 1.41. The molecule has 1 atom stereocenters. The number of benzene rings is 2. The fourth-order valence-electron chi connectivity index (χ4n) is 3.23. The first kappa shape index (κ1) is 15.4. The first-order valence-corrected chi connectivity index (χ1v) is 9.31. The van der Waals surface area contributed by atoms with Crippen molar-refractivity contribution in [3.05, 3.63) is 77.7 Å². The van der Waals surface area contributed by atoms with Gasteiger partial charge < -0.3 is 9.64 Å². The normalized spacial score (nSPS) is 17.3. The highest BCUT2D eigenvalue weighted by Crippen LogP contribution is 2.37. The molecule has 2 aromatic carbocycles. The van der Waals surface area contributed by atoms with Crippen molar-refractivity contribution < 1.29 is 4.74 Å². The van der Waals surface area contributed by atoms with E-state index in [1.807, 2.05) is 17.4 Å². The lowest BCUT2D eigenvalue weighted by atomic mass is 10.1. The van der Waals surface area contributed by atoms with E-state index in [9.17, 15) is 0 Å². The first-order chi connectivity index (χ1) is 11.9. The molecule has 1 aromatic heterocycles. The third-order valence-corrected chi connectivity index (χ3v) is 5.45.